The molecule has 0 saturated heterocycles. The predicted molar refractivity (Wildman–Crippen MR) is 90.1 cm³/mol. The first-order chi connectivity index (χ1) is 11.0. The molecule has 2 atom stereocenters. The fourth-order valence-corrected chi connectivity index (χ4v) is 3.02. The summed E-state index contributed by atoms with van der Waals surface area (Å²) < 4.78 is 0. The van der Waals surface area contributed by atoms with Crippen molar-refractivity contribution in [2.45, 2.75) is 51.6 Å². The quantitative estimate of drug-likeness (QED) is 0.746. The molecule has 126 valence electrons. The van der Waals surface area contributed by atoms with E-state index in [0.717, 1.165) is 31.2 Å². The van der Waals surface area contributed by atoms with Crippen molar-refractivity contribution in [3.05, 3.63) is 29.8 Å². The molecule has 0 bridgehead atoms. The van der Waals surface area contributed by atoms with Crippen molar-refractivity contribution in [2.75, 3.05) is 11.9 Å². The van der Waals surface area contributed by atoms with Crippen molar-refractivity contribution in [3.63, 3.8) is 0 Å². The van der Waals surface area contributed by atoms with Crippen LogP contribution >= 0.6 is 0 Å². The second-order valence-electron chi connectivity index (χ2n) is 6.52. The zero-order valence-electron chi connectivity index (χ0n) is 13.8. The van der Waals surface area contributed by atoms with E-state index in [1.165, 1.54) is 0 Å². The smallest absolute Gasteiger partial charge is 0.313 e. The van der Waals surface area contributed by atoms with E-state index >= 15 is 0 Å². The summed E-state index contributed by atoms with van der Waals surface area (Å²) in [4.78, 5) is 24.0. The molecule has 1 aliphatic carbocycles. The van der Waals surface area contributed by atoms with E-state index in [1.807, 2.05) is 32.0 Å². The molecule has 0 aromatic heterocycles. The van der Waals surface area contributed by atoms with Crippen molar-refractivity contribution in [1.29, 1.82) is 0 Å². The predicted octanol–water partition coefficient (Wildman–Crippen LogP) is 2.42. The second-order valence-corrected chi connectivity index (χ2v) is 6.52. The monoisotopic (exact) mass is 318 g/mol. The van der Waals surface area contributed by atoms with Crippen LogP contribution in [0.2, 0.25) is 0 Å². The van der Waals surface area contributed by atoms with Gasteiger partial charge in [0, 0.05) is 18.2 Å². The molecule has 1 fully saturated rings. The molecule has 0 radical (unpaired) electrons. The van der Waals surface area contributed by atoms with Gasteiger partial charge in [-0.1, -0.05) is 44.9 Å². The molecule has 1 aliphatic rings. The van der Waals surface area contributed by atoms with Crippen molar-refractivity contribution in [2.24, 2.45) is 5.92 Å². The largest absolute Gasteiger partial charge is 0.393 e. The molecule has 5 heteroatoms. The van der Waals surface area contributed by atoms with Gasteiger partial charge in [0.2, 0.25) is 0 Å². The Labute approximate surface area is 137 Å². The number of amides is 2. The molecule has 0 spiro atoms. The van der Waals surface area contributed by atoms with Gasteiger partial charge in [0.15, 0.2) is 0 Å². The number of carbonyl (C=O) groups is 2. The molecule has 1 aromatic rings. The van der Waals surface area contributed by atoms with Crippen LogP contribution < -0.4 is 10.6 Å². The van der Waals surface area contributed by atoms with Crippen LogP contribution in [0.4, 0.5) is 5.69 Å². The normalized spacial score (nSPS) is 21.0. The van der Waals surface area contributed by atoms with E-state index in [1.54, 1.807) is 6.07 Å². The highest BCUT2D eigenvalue weighted by Crippen LogP contribution is 2.24. The summed E-state index contributed by atoms with van der Waals surface area (Å²) in [6.45, 7) is 4.42. The van der Waals surface area contributed by atoms with Crippen LogP contribution in [0.5, 0.6) is 0 Å². The Morgan fingerprint density at radius 3 is 2.57 bits per heavy atom. The van der Waals surface area contributed by atoms with Gasteiger partial charge in [-0.25, -0.2) is 0 Å². The summed E-state index contributed by atoms with van der Waals surface area (Å²) in [5.74, 6) is -1.01. The van der Waals surface area contributed by atoms with Crippen molar-refractivity contribution >= 4 is 17.5 Å². The number of anilines is 1. The number of hydrogen-bond acceptors (Lipinski definition) is 3. The summed E-state index contributed by atoms with van der Waals surface area (Å²) in [5, 5.41) is 15.2. The topological polar surface area (TPSA) is 78.4 Å². The third-order valence-electron chi connectivity index (χ3n) is 4.43. The van der Waals surface area contributed by atoms with E-state index < -0.39 is 11.8 Å². The zero-order valence-corrected chi connectivity index (χ0v) is 13.8. The molecule has 23 heavy (non-hydrogen) atoms. The highest BCUT2D eigenvalue weighted by molar-refractivity contribution is 6.39. The van der Waals surface area contributed by atoms with Crippen LogP contribution in [-0.4, -0.2) is 29.6 Å². The number of benzene rings is 1. The lowest BCUT2D eigenvalue weighted by molar-refractivity contribution is -0.136. The summed E-state index contributed by atoms with van der Waals surface area (Å²) in [6.07, 6.45) is 3.37. The minimum absolute atomic E-state index is 0.0449. The number of para-hydroxylation sites is 1. The van der Waals surface area contributed by atoms with Crippen LogP contribution in [0, 0.1) is 5.92 Å². The molecule has 0 unspecified atom stereocenters. The number of aliphatic hydroxyl groups is 1. The van der Waals surface area contributed by atoms with Gasteiger partial charge in [0.05, 0.1) is 6.10 Å². The molecule has 0 heterocycles. The number of hydrogen-bond donors (Lipinski definition) is 3. The lowest BCUT2D eigenvalue weighted by atomic mass is 9.86. The first-order valence-corrected chi connectivity index (χ1v) is 8.35. The Morgan fingerprint density at radius 1 is 1.17 bits per heavy atom. The first kappa shape index (κ1) is 17.5. The lowest BCUT2D eigenvalue weighted by Crippen LogP contribution is -2.41. The summed E-state index contributed by atoms with van der Waals surface area (Å²) in [6, 6.07) is 7.48. The standard InChI is InChI=1S/C18H26N2O3/c1-12(2)14-8-4-5-9-15(14)20-18(23)17(22)19-11-13-7-3-6-10-16(13)21/h4-5,8-9,12-13,16,21H,3,6-7,10-11H2,1-2H3,(H,19,22)(H,20,23)/t13-,16-/m1/s1. The maximum atomic E-state index is 12.1. The third kappa shape index (κ3) is 4.79. The molecule has 1 saturated carbocycles. The van der Waals surface area contributed by atoms with Gasteiger partial charge >= 0.3 is 11.8 Å². The maximum absolute atomic E-state index is 12.1. The summed E-state index contributed by atoms with van der Waals surface area (Å²) in [5.41, 5.74) is 1.66. The second kappa shape index (κ2) is 8.11. The first-order valence-electron chi connectivity index (χ1n) is 8.35. The zero-order chi connectivity index (χ0) is 16.8. The van der Waals surface area contributed by atoms with Gasteiger partial charge in [-0.15, -0.1) is 0 Å². The minimum atomic E-state index is -0.664. The van der Waals surface area contributed by atoms with Crippen LogP contribution in [0.15, 0.2) is 24.3 Å². The average molecular weight is 318 g/mol. The Bertz CT molecular complexity index is 557. The van der Waals surface area contributed by atoms with Gasteiger partial charge in [-0.2, -0.15) is 0 Å². The highest BCUT2D eigenvalue weighted by atomic mass is 16.3. The number of aliphatic hydroxyl groups excluding tert-OH is 1. The van der Waals surface area contributed by atoms with Gasteiger partial charge in [0.25, 0.3) is 0 Å². The molecule has 2 rings (SSSR count). The fraction of sp³-hybridized carbons (Fsp3) is 0.556. The number of carbonyl (C=O) groups excluding carboxylic acids is 2. The van der Waals surface area contributed by atoms with E-state index in [4.69, 9.17) is 0 Å². The molecular formula is C18H26N2O3. The highest BCUT2D eigenvalue weighted by Gasteiger charge is 2.24. The van der Waals surface area contributed by atoms with Crippen LogP contribution in [0.1, 0.15) is 51.0 Å². The van der Waals surface area contributed by atoms with Gasteiger partial charge in [-0.3, -0.25) is 9.59 Å². The Hall–Kier alpha value is -1.88. The van der Waals surface area contributed by atoms with E-state index in [2.05, 4.69) is 10.6 Å². The van der Waals surface area contributed by atoms with Gasteiger partial charge in [0.1, 0.15) is 0 Å². The maximum Gasteiger partial charge on any atom is 0.313 e. The molecule has 2 amide bonds. The third-order valence-corrected chi connectivity index (χ3v) is 4.43. The number of rotatable bonds is 4. The fourth-order valence-electron chi connectivity index (χ4n) is 3.02. The molecule has 0 aliphatic heterocycles. The van der Waals surface area contributed by atoms with Crippen molar-refractivity contribution in [1.82, 2.24) is 5.32 Å². The van der Waals surface area contributed by atoms with Gasteiger partial charge < -0.3 is 15.7 Å². The van der Waals surface area contributed by atoms with Crippen LogP contribution in [0.3, 0.4) is 0 Å². The Kier molecular flexibility index (Phi) is 6.16. The SMILES string of the molecule is CC(C)c1ccccc1NC(=O)C(=O)NC[C@H]1CCCC[C@H]1O. The van der Waals surface area contributed by atoms with E-state index in [9.17, 15) is 14.7 Å². The van der Waals surface area contributed by atoms with Crippen LogP contribution in [0.25, 0.3) is 0 Å². The van der Waals surface area contributed by atoms with Gasteiger partial charge in [-0.05, 0) is 30.4 Å². The molecule has 5 nitrogen and oxygen atoms in total. The minimum Gasteiger partial charge on any atom is -0.393 e. The molecule has 3 N–H and O–H groups in total. The van der Waals surface area contributed by atoms with Crippen molar-refractivity contribution in [3.8, 4) is 0 Å². The van der Waals surface area contributed by atoms with E-state index in [0.29, 0.717) is 12.2 Å². The number of nitrogens with one attached hydrogen (secondary N) is 2. The molecular weight excluding hydrogens is 292 g/mol. The lowest BCUT2D eigenvalue weighted by Gasteiger charge is -2.27. The summed E-state index contributed by atoms with van der Waals surface area (Å²) >= 11 is 0. The summed E-state index contributed by atoms with van der Waals surface area (Å²) in [7, 11) is 0. The molecule has 1 aromatic carbocycles. The Balaban J connectivity index is 1.89. The van der Waals surface area contributed by atoms with E-state index in [-0.39, 0.29) is 17.9 Å². The Morgan fingerprint density at radius 2 is 1.87 bits per heavy atom. The average Bonchev–Trinajstić information content (AvgIpc) is 2.54. The van der Waals surface area contributed by atoms with Crippen LogP contribution in [-0.2, 0) is 9.59 Å². The van der Waals surface area contributed by atoms with Crippen molar-refractivity contribution < 1.29 is 14.7 Å².